The molecule has 0 fully saturated rings. The van der Waals surface area contributed by atoms with E-state index in [9.17, 15) is 0 Å². The lowest BCUT2D eigenvalue weighted by Gasteiger charge is -2.34. The molecule has 0 aliphatic carbocycles. The van der Waals surface area contributed by atoms with Gasteiger partial charge < -0.3 is 10.5 Å². The van der Waals surface area contributed by atoms with Crippen LogP contribution in [0.3, 0.4) is 0 Å². The van der Waals surface area contributed by atoms with Crippen molar-refractivity contribution in [1.29, 1.82) is 0 Å². The van der Waals surface area contributed by atoms with Gasteiger partial charge in [0.25, 0.3) is 0 Å². The van der Waals surface area contributed by atoms with Crippen molar-refractivity contribution in [2.45, 2.75) is 45.3 Å². The Morgan fingerprint density at radius 3 is 2.35 bits per heavy atom. The molecular weight excluding hydrogens is 234 g/mol. The van der Waals surface area contributed by atoms with E-state index >= 15 is 0 Å². The van der Waals surface area contributed by atoms with Crippen LogP contribution >= 0.6 is 11.6 Å². The standard InChI is InChI=1S/C14H22ClNO/c1-4-14(3,17-5-2)13(16)10-11-6-8-12(15)9-7-11/h6-9,13H,4-5,10,16H2,1-3H3. The molecule has 2 N–H and O–H groups in total. The van der Waals surface area contributed by atoms with Gasteiger partial charge in [0, 0.05) is 17.7 Å². The van der Waals surface area contributed by atoms with E-state index in [0.29, 0.717) is 6.61 Å². The lowest BCUT2D eigenvalue weighted by atomic mass is 9.89. The smallest absolute Gasteiger partial charge is 0.0805 e. The third-order valence-electron chi connectivity index (χ3n) is 3.33. The van der Waals surface area contributed by atoms with Gasteiger partial charge in [-0.25, -0.2) is 0 Å². The van der Waals surface area contributed by atoms with Crippen molar-refractivity contribution in [3.05, 3.63) is 34.9 Å². The second-order valence-electron chi connectivity index (χ2n) is 4.54. The Hall–Kier alpha value is -0.570. The molecular formula is C14H22ClNO. The summed E-state index contributed by atoms with van der Waals surface area (Å²) in [6.07, 6.45) is 1.72. The van der Waals surface area contributed by atoms with Gasteiger partial charge in [-0.2, -0.15) is 0 Å². The first kappa shape index (κ1) is 14.5. The van der Waals surface area contributed by atoms with Gasteiger partial charge in [-0.1, -0.05) is 30.7 Å². The molecule has 3 heteroatoms. The molecule has 0 aliphatic heterocycles. The summed E-state index contributed by atoms with van der Waals surface area (Å²) in [5.74, 6) is 0. The highest BCUT2D eigenvalue weighted by Gasteiger charge is 2.30. The van der Waals surface area contributed by atoms with Crippen molar-refractivity contribution < 1.29 is 4.74 Å². The van der Waals surface area contributed by atoms with Crippen molar-refractivity contribution >= 4 is 11.6 Å². The molecule has 0 aliphatic rings. The molecule has 0 saturated heterocycles. The fourth-order valence-electron chi connectivity index (χ4n) is 1.89. The van der Waals surface area contributed by atoms with Crippen molar-refractivity contribution in [3.63, 3.8) is 0 Å². The first-order valence-corrected chi connectivity index (χ1v) is 6.53. The van der Waals surface area contributed by atoms with Crippen LogP contribution in [-0.2, 0) is 11.2 Å². The summed E-state index contributed by atoms with van der Waals surface area (Å²) in [5, 5.41) is 0.755. The summed E-state index contributed by atoms with van der Waals surface area (Å²) in [6, 6.07) is 7.82. The molecule has 0 aromatic heterocycles. The lowest BCUT2D eigenvalue weighted by molar-refractivity contribution is -0.0461. The molecule has 17 heavy (non-hydrogen) atoms. The molecule has 0 amide bonds. The first-order chi connectivity index (χ1) is 8.01. The first-order valence-electron chi connectivity index (χ1n) is 6.15. The SMILES string of the molecule is CCOC(C)(CC)C(N)Cc1ccc(Cl)cc1. The predicted octanol–water partition coefficient (Wildman–Crippen LogP) is 3.42. The van der Waals surface area contributed by atoms with Crippen molar-refractivity contribution in [2.75, 3.05) is 6.61 Å². The molecule has 1 rings (SSSR count). The zero-order valence-corrected chi connectivity index (χ0v) is 11.6. The quantitative estimate of drug-likeness (QED) is 0.846. The summed E-state index contributed by atoms with van der Waals surface area (Å²) in [6.45, 7) is 6.88. The summed E-state index contributed by atoms with van der Waals surface area (Å²) < 4.78 is 5.79. The van der Waals surface area contributed by atoms with Gasteiger partial charge in [-0.05, 0) is 44.4 Å². The van der Waals surface area contributed by atoms with Crippen LogP contribution in [0, 0.1) is 0 Å². The Kier molecular flexibility index (Phi) is 5.44. The van der Waals surface area contributed by atoms with E-state index in [1.54, 1.807) is 0 Å². The van der Waals surface area contributed by atoms with E-state index in [1.165, 1.54) is 5.56 Å². The van der Waals surface area contributed by atoms with Crippen LogP contribution in [-0.4, -0.2) is 18.2 Å². The molecule has 0 heterocycles. The van der Waals surface area contributed by atoms with Gasteiger partial charge in [0.2, 0.25) is 0 Å². The Morgan fingerprint density at radius 2 is 1.88 bits per heavy atom. The zero-order chi connectivity index (χ0) is 12.9. The van der Waals surface area contributed by atoms with Gasteiger partial charge >= 0.3 is 0 Å². The van der Waals surface area contributed by atoms with E-state index in [-0.39, 0.29) is 11.6 Å². The molecule has 2 unspecified atom stereocenters. The van der Waals surface area contributed by atoms with Crippen LogP contribution in [0.15, 0.2) is 24.3 Å². The zero-order valence-electron chi connectivity index (χ0n) is 10.9. The van der Waals surface area contributed by atoms with Gasteiger partial charge in [0.05, 0.1) is 5.60 Å². The molecule has 0 saturated carbocycles. The maximum atomic E-state index is 6.26. The number of nitrogens with two attached hydrogens (primary N) is 1. The van der Waals surface area contributed by atoms with E-state index < -0.39 is 0 Å². The highest BCUT2D eigenvalue weighted by Crippen LogP contribution is 2.22. The van der Waals surface area contributed by atoms with Crippen molar-refractivity contribution in [1.82, 2.24) is 0 Å². The molecule has 96 valence electrons. The number of halogens is 1. The Labute approximate surface area is 109 Å². The van der Waals surface area contributed by atoms with Crippen LogP contribution in [0.5, 0.6) is 0 Å². The minimum absolute atomic E-state index is 0.00590. The molecule has 2 nitrogen and oxygen atoms in total. The van der Waals surface area contributed by atoms with Gasteiger partial charge in [-0.15, -0.1) is 0 Å². The Bertz CT molecular complexity index is 339. The van der Waals surface area contributed by atoms with Crippen LogP contribution in [0.4, 0.5) is 0 Å². The average molecular weight is 256 g/mol. The van der Waals surface area contributed by atoms with Crippen LogP contribution in [0.25, 0.3) is 0 Å². The molecule has 0 radical (unpaired) electrons. The number of hydrogen-bond acceptors (Lipinski definition) is 2. The number of rotatable bonds is 6. The molecule has 0 spiro atoms. The lowest BCUT2D eigenvalue weighted by Crippen LogP contribution is -2.48. The van der Waals surface area contributed by atoms with Crippen molar-refractivity contribution in [2.24, 2.45) is 5.73 Å². The fraction of sp³-hybridized carbons (Fsp3) is 0.571. The summed E-state index contributed by atoms with van der Waals surface area (Å²) >= 11 is 5.86. The number of benzene rings is 1. The van der Waals surface area contributed by atoms with Crippen molar-refractivity contribution in [3.8, 4) is 0 Å². The molecule has 1 aromatic rings. The summed E-state index contributed by atoms with van der Waals surface area (Å²) in [5.41, 5.74) is 7.20. The number of ether oxygens (including phenoxy) is 1. The minimum Gasteiger partial charge on any atom is -0.374 e. The third kappa shape index (κ3) is 3.98. The van der Waals surface area contributed by atoms with E-state index in [2.05, 4.69) is 13.8 Å². The van der Waals surface area contributed by atoms with Gasteiger partial charge in [0.15, 0.2) is 0 Å². The van der Waals surface area contributed by atoms with E-state index in [4.69, 9.17) is 22.1 Å². The van der Waals surface area contributed by atoms with E-state index in [1.807, 2.05) is 31.2 Å². The second-order valence-corrected chi connectivity index (χ2v) is 4.97. The van der Waals surface area contributed by atoms with Crippen LogP contribution < -0.4 is 5.73 Å². The number of hydrogen-bond donors (Lipinski definition) is 1. The Balaban J connectivity index is 2.69. The topological polar surface area (TPSA) is 35.2 Å². The molecule has 1 aromatic carbocycles. The fourth-order valence-corrected chi connectivity index (χ4v) is 2.02. The highest BCUT2D eigenvalue weighted by molar-refractivity contribution is 6.30. The summed E-state index contributed by atoms with van der Waals surface area (Å²) in [4.78, 5) is 0. The summed E-state index contributed by atoms with van der Waals surface area (Å²) in [7, 11) is 0. The van der Waals surface area contributed by atoms with Crippen LogP contribution in [0.2, 0.25) is 5.02 Å². The molecule has 2 atom stereocenters. The second kappa shape index (κ2) is 6.39. The maximum absolute atomic E-state index is 6.26. The predicted molar refractivity (Wildman–Crippen MR) is 73.5 cm³/mol. The van der Waals surface area contributed by atoms with E-state index in [0.717, 1.165) is 17.9 Å². The monoisotopic (exact) mass is 255 g/mol. The van der Waals surface area contributed by atoms with Gasteiger partial charge in [0.1, 0.15) is 0 Å². The molecule has 0 bridgehead atoms. The average Bonchev–Trinajstić information content (AvgIpc) is 2.32. The maximum Gasteiger partial charge on any atom is 0.0805 e. The third-order valence-corrected chi connectivity index (χ3v) is 3.58. The normalized spacial score (nSPS) is 16.5. The highest BCUT2D eigenvalue weighted by atomic mass is 35.5. The Morgan fingerprint density at radius 1 is 1.29 bits per heavy atom. The van der Waals surface area contributed by atoms with Crippen LogP contribution in [0.1, 0.15) is 32.8 Å². The largest absolute Gasteiger partial charge is 0.374 e. The minimum atomic E-state index is -0.256. The van der Waals surface area contributed by atoms with Gasteiger partial charge in [-0.3, -0.25) is 0 Å².